The van der Waals surface area contributed by atoms with Crippen molar-refractivity contribution in [3.63, 3.8) is 0 Å². The quantitative estimate of drug-likeness (QED) is 0.786. The number of halogens is 1. The molecule has 3 amide bonds. The van der Waals surface area contributed by atoms with E-state index in [9.17, 15) is 14.4 Å². The molecule has 0 saturated carbocycles. The molecule has 1 aliphatic heterocycles. The lowest BCUT2D eigenvalue weighted by Crippen LogP contribution is -2.58. The third-order valence-electron chi connectivity index (χ3n) is 2.50. The highest BCUT2D eigenvalue weighted by Crippen LogP contribution is 2.22. The molecule has 7 heteroatoms. The number of hydrogen-bond donors (Lipinski definition) is 1. The van der Waals surface area contributed by atoms with E-state index in [-0.39, 0.29) is 12.5 Å². The topological polar surface area (TPSA) is 66.5 Å². The van der Waals surface area contributed by atoms with Crippen LogP contribution in [-0.2, 0) is 9.59 Å². The van der Waals surface area contributed by atoms with Crippen molar-refractivity contribution in [2.24, 2.45) is 0 Å². The summed E-state index contributed by atoms with van der Waals surface area (Å²) in [4.78, 5) is 36.0. The number of piperazine rings is 1. The maximum atomic E-state index is 12.1. The molecule has 90 valence electrons. The summed E-state index contributed by atoms with van der Waals surface area (Å²) >= 11 is 4.65. The minimum atomic E-state index is -0.626. The molecule has 1 N–H and O–H groups in total. The lowest BCUT2D eigenvalue weighted by atomic mass is 10.1. The first-order valence-electron chi connectivity index (χ1n) is 4.87. The minimum Gasteiger partial charge on any atom is -0.318 e. The molecule has 0 aliphatic carbocycles. The first kappa shape index (κ1) is 12.3. The molecule has 1 saturated heterocycles. The molecule has 2 rings (SSSR count). The Labute approximate surface area is 110 Å². The monoisotopic (exact) mass is 316 g/mol. The molecule has 0 spiro atoms. The van der Waals surface area contributed by atoms with Gasteiger partial charge in [-0.25, -0.2) is 0 Å². The number of nitrogens with zero attached hydrogens (tertiary/aromatic N) is 1. The molecule has 17 heavy (non-hydrogen) atoms. The van der Waals surface area contributed by atoms with Gasteiger partial charge in [-0.15, -0.1) is 11.3 Å². The van der Waals surface area contributed by atoms with Crippen LogP contribution in [0, 0.1) is 0 Å². The number of amides is 3. The van der Waals surface area contributed by atoms with E-state index in [0.29, 0.717) is 5.56 Å². The van der Waals surface area contributed by atoms with Crippen molar-refractivity contribution in [1.82, 2.24) is 10.2 Å². The Bertz CT molecular complexity index is 499. The number of imide groups is 1. The fraction of sp³-hybridized carbons (Fsp3) is 0.300. The van der Waals surface area contributed by atoms with Crippen LogP contribution in [-0.4, -0.2) is 35.2 Å². The number of rotatable bonds is 1. The van der Waals surface area contributed by atoms with Crippen LogP contribution >= 0.6 is 27.3 Å². The van der Waals surface area contributed by atoms with Crippen LogP contribution in [0.3, 0.4) is 0 Å². The predicted molar refractivity (Wildman–Crippen MR) is 65.7 cm³/mol. The second-order valence-electron chi connectivity index (χ2n) is 3.66. The second-order valence-corrected chi connectivity index (χ2v) is 5.95. The summed E-state index contributed by atoms with van der Waals surface area (Å²) in [6.45, 7) is 1.51. The highest BCUT2D eigenvalue weighted by Gasteiger charge is 2.34. The zero-order valence-corrected chi connectivity index (χ0v) is 11.3. The van der Waals surface area contributed by atoms with E-state index in [1.54, 1.807) is 18.4 Å². The molecule has 1 fully saturated rings. The van der Waals surface area contributed by atoms with E-state index in [0.717, 1.165) is 3.79 Å². The van der Waals surface area contributed by atoms with Gasteiger partial charge in [-0.1, -0.05) is 0 Å². The first-order chi connectivity index (χ1) is 7.99. The van der Waals surface area contributed by atoms with Crippen LogP contribution < -0.4 is 5.32 Å². The SMILES string of the molecule is CC1C(=O)NC(=O)CN1C(=O)c1csc(Br)c1. The summed E-state index contributed by atoms with van der Waals surface area (Å²) in [5, 5.41) is 3.88. The maximum Gasteiger partial charge on any atom is 0.255 e. The van der Waals surface area contributed by atoms with Crippen molar-refractivity contribution < 1.29 is 14.4 Å². The van der Waals surface area contributed by atoms with Crippen LogP contribution in [0.25, 0.3) is 0 Å². The van der Waals surface area contributed by atoms with Gasteiger partial charge in [0, 0.05) is 5.38 Å². The Morgan fingerprint density at radius 1 is 1.59 bits per heavy atom. The smallest absolute Gasteiger partial charge is 0.255 e. The number of thiophene rings is 1. The molecule has 5 nitrogen and oxygen atoms in total. The fourth-order valence-corrected chi connectivity index (χ4v) is 2.68. The van der Waals surface area contributed by atoms with Gasteiger partial charge < -0.3 is 4.90 Å². The summed E-state index contributed by atoms with van der Waals surface area (Å²) in [6.07, 6.45) is 0. The zero-order valence-electron chi connectivity index (χ0n) is 8.90. The van der Waals surface area contributed by atoms with Crippen molar-refractivity contribution in [1.29, 1.82) is 0 Å². The average Bonchev–Trinajstić information content (AvgIpc) is 2.69. The first-order valence-corrected chi connectivity index (χ1v) is 6.55. The van der Waals surface area contributed by atoms with Gasteiger partial charge in [-0.05, 0) is 28.9 Å². The normalized spacial score (nSPS) is 20.4. The molecule has 1 unspecified atom stereocenters. The van der Waals surface area contributed by atoms with Crippen LogP contribution in [0.15, 0.2) is 15.2 Å². The Balaban J connectivity index is 2.24. The van der Waals surface area contributed by atoms with Gasteiger partial charge >= 0.3 is 0 Å². The molecule has 0 aromatic carbocycles. The molecule has 0 radical (unpaired) electrons. The van der Waals surface area contributed by atoms with Crippen molar-refractivity contribution in [2.45, 2.75) is 13.0 Å². The van der Waals surface area contributed by atoms with Gasteiger partial charge in [-0.3, -0.25) is 19.7 Å². The standard InChI is InChI=1S/C10H9BrN2O3S/c1-5-9(15)12-8(14)3-13(5)10(16)6-2-7(11)17-4-6/h2,4-5H,3H2,1H3,(H,12,14,15). The largest absolute Gasteiger partial charge is 0.318 e. The van der Waals surface area contributed by atoms with Gasteiger partial charge in [0.05, 0.1) is 9.35 Å². The van der Waals surface area contributed by atoms with Crippen LogP contribution in [0.1, 0.15) is 17.3 Å². The predicted octanol–water partition coefficient (Wildman–Crippen LogP) is 0.998. The third-order valence-corrected chi connectivity index (χ3v) is 4.00. The van der Waals surface area contributed by atoms with Gasteiger partial charge in [0.2, 0.25) is 11.8 Å². The van der Waals surface area contributed by atoms with E-state index < -0.39 is 17.9 Å². The van der Waals surface area contributed by atoms with Gasteiger partial charge in [0.1, 0.15) is 12.6 Å². The lowest BCUT2D eigenvalue weighted by molar-refractivity contribution is -0.138. The van der Waals surface area contributed by atoms with E-state index in [1.807, 2.05) is 0 Å². The van der Waals surface area contributed by atoms with Crippen LogP contribution in [0.2, 0.25) is 0 Å². The number of carbonyl (C=O) groups excluding carboxylic acids is 3. The Kier molecular flexibility index (Phi) is 3.30. The van der Waals surface area contributed by atoms with Crippen molar-refractivity contribution in [2.75, 3.05) is 6.54 Å². The number of carbonyl (C=O) groups is 3. The molecule has 2 heterocycles. The van der Waals surface area contributed by atoms with E-state index in [2.05, 4.69) is 21.2 Å². The van der Waals surface area contributed by atoms with E-state index >= 15 is 0 Å². The van der Waals surface area contributed by atoms with E-state index in [1.165, 1.54) is 16.2 Å². The van der Waals surface area contributed by atoms with Gasteiger partial charge in [0.25, 0.3) is 5.91 Å². The summed E-state index contributed by atoms with van der Waals surface area (Å²) in [5.41, 5.74) is 0.483. The Morgan fingerprint density at radius 2 is 2.29 bits per heavy atom. The molecule has 0 bridgehead atoms. The highest BCUT2D eigenvalue weighted by atomic mass is 79.9. The molecule has 1 aliphatic rings. The lowest BCUT2D eigenvalue weighted by Gasteiger charge is -2.31. The Hall–Kier alpha value is -1.21. The molecule has 1 aromatic heterocycles. The number of hydrogen-bond acceptors (Lipinski definition) is 4. The highest BCUT2D eigenvalue weighted by molar-refractivity contribution is 9.11. The molecule has 1 atom stereocenters. The number of nitrogens with one attached hydrogen (secondary N) is 1. The van der Waals surface area contributed by atoms with Gasteiger partial charge in [0.15, 0.2) is 0 Å². The van der Waals surface area contributed by atoms with Crippen molar-refractivity contribution >= 4 is 45.0 Å². The summed E-state index contributed by atoms with van der Waals surface area (Å²) in [5.74, 6) is -1.19. The second kappa shape index (κ2) is 4.58. The van der Waals surface area contributed by atoms with E-state index in [4.69, 9.17) is 0 Å². The molecular weight excluding hydrogens is 308 g/mol. The molecule has 1 aromatic rings. The Morgan fingerprint density at radius 3 is 2.88 bits per heavy atom. The maximum absolute atomic E-state index is 12.1. The van der Waals surface area contributed by atoms with Crippen molar-refractivity contribution in [3.05, 3.63) is 20.8 Å². The zero-order chi connectivity index (χ0) is 12.6. The minimum absolute atomic E-state index is 0.0841. The van der Waals surface area contributed by atoms with Crippen LogP contribution in [0.5, 0.6) is 0 Å². The summed E-state index contributed by atoms with van der Waals surface area (Å²) < 4.78 is 0.835. The fourth-order valence-electron chi connectivity index (χ4n) is 1.55. The summed E-state index contributed by atoms with van der Waals surface area (Å²) in [6, 6.07) is 1.05. The molecular formula is C10H9BrN2O3S. The summed E-state index contributed by atoms with van der Waals surface area (Å²) in [7, 11) is 0. The van der Waals surface area contributed by atoms with Crippen molar-refractivity contribution in [3.8, 4) is 0 Å². The van der Waals surface area contributed by atoms with Crippen LogP contribution in [0.4, 0.5) is 0 Å². The average molecular weight is 317 g/mol. The third kappa shape index (κ3) is 2.39. The van der Waals surface area contributed by atoms with Gasteiger partial charge in [-0.2, -0.15) is 0 Å².